The van der Waals surface area contributed by atoms with Crippen LogP contribution in [0, 0.1) is 11.8 Å². The standard InChI is InChI=1S/C16H34N2/c1-6-8-11-18(5)16-12-14(13(3)4)9-10-15(16)17-7-2/h13-17H,6-12H2,1-5H3. The highest BCUT2D eigenvalue weighted by molar-refractivity contribution is 4.90. The molecule has 1 fully saturated rings. The van der Waals surface area contributed by atoms with E-state index in [1.165, 1.54) is 38.6 Å². The SMILES string of the molecule is CCCCN(C)C1CC(C(C)C)CCC1NCC. The summed E-state index contributed by atoms with van der Waals surface area (Å²) in [6.07, 6.45) is 6.79. The van der Waals surface area contributed by atoms with Gasteiger partial charge in [-0.25, -0.2) is 0 Å². The average molecular weight is 254 g/mol. The molecule has 0 aromatic rings. The van der Waals surface area contributed by atoms with Crippen LogP contribution >= 0.6 is 0 Å². The summed E-state index contributed by atoms with van der Waals surface area (Å²) in [6.45, 7) is 11.7. The van der Waals surface area contributed by atoms with Crippen molar-refractivity contribution in [1.29, 1.82) is 0 Å². The highest BCUT2D eigenvalue weighted by Gasteiger charge is 2.33. The van der Waals surface area contributed by atoms with Gasteiger partial charge >= 0.3 is 0 Å². The fourth-order valence-electron chi connectivity index (χ4n) is 3.34. The summed E-state index contributed by atoms with van der Waals surface area (Å²) >= 11 is 0. The number of likely N-dealkylation sites (N-methyl/N-ethyl adjacent to an activating group) is 2. The van der Waals surface area contributed by atoms with Crippen LogP contribution in [0.25, 0.3) is 0 Å². The Bertz CT molecular complexity index is 215. The van der Waals surface area contributed by atoms with Crippen molar-refractivity contribution >= 4 is 0 Å². The summed E-state index contributed by atoms with van der Waals surface area (Å²) in [5, 5.41) is 3.71. The predicted molar refractivity (Wildman–Crippen MR) is 81.0 cm³/mol. The number of hydrogen-bond donors (Lipinski definition) is 1. The van der Waals surface area contributed by atoms with Crippen molar-refractivity contribution in [2.75, 3.05) is 20.1 Å². The Labute approximate surface area is 115 Å². The van der Waals surface area contributed by atoms with Gasteiger partial charge < -0.3 is 10.2 Å². The van der Waals surface area contributed by atoms with Gasteiger partial charge in [-0.05, 0) is 57.7 Å². The third-order valence-corrected chi connectivity index (χ3v) is 4.70. The van der Waals surface area contributed by atoms with Crippen LogP contribution in [0.4, 0.5) is 0 Å². The van der Waals surface area contributed by atoms with E-state index in [-0.39, 0.29) is 0 Å². The maximum absolute atomic E-state index is 3.71. The Hall–Kier alpha value is -0.0800. The third-order valence-electron chi connectivity index (χ3n) is 4.70. The summed E-state index contributed by atoms with van der Waals surface area (Å²) in [5.41, 5.74) is 0. The molecular weight excluding hydrogens is 220 g/mol. The third kappa shape index (κ3) is 4.55. The lowest BCUT2D eigenvalue weighted by Gasteiger charge is -2.43. The van der Waals surface area contributed by atoms with Crippen LogP contribution in [0.2, 0.25) is 0 Å². The minimum absolute atomic E-state index is 0.715. The first-order valence-electron chi connectivity index (χ1n) is 8.03. The Kier molecular flexibility index (Phi) is 7.25. The zero-order valence-electron chi connectivity index (χ0n) is 13.2. The van der Waals surface area contributed by atoms with Crippen molar-refractivity contribution in [2.24, 2.45) is 11.8 Å². The normalized spacial score (nSPS) is 29.2. The van der Waals surface area contributed by atoms with Gasteiger partial charge in [-0.3, -0.25) is 0 Å². The van der Waals surface area contributed by atoms with Crippen LogP contribution in [0.15, 0.2) is 0 Å². The number of hydrogen-bond acceptors (Lipinski definition) is 2. The fourth-order valence-corrected chi connectivity index (χ4v) is 3.34. The Morgan fingerprint density at radius 3 is 2.50 bits per heavy atom. The van der Waals surface area contributed by atoms with Gasteiger partial charge in [0.25, 0.3) is 0 Å². The van der Waals surface area contributed by atoms with Gasteiger partial charge in [-0.1, -0.05) is 34.1 Å². The maximum Gasteiger partial charge on any atom is 0.0249 e. The molecule has 0 amide bonds. The zero-order valence-corrected chi connectivity index (χ0v) is 13.2. The first-order chi connectivity index (χ1) is 8.60. The van der Waals surface area contributed by atoms with E-state index >= 15 is 0 Å². The van der Waals surface area contributed by atoms with E-state index in [4.69, 9.17) is 0 Å². The molecule has 18 heavy (non-hydrogen) atoms. The smallest absolute Gasteiger partial charge is 0.0249 e. The highest BCUT2D eigenvalue weighted by Crippen LogP contribution is 2.32. The van der Waals surface area contributed by atoms with E-state index in [9.17, 15) is 0 Å². The van der Waals surface area contributed by atoms with Gasteiger partial charge in [-0.2, -0.15) is 0 Å². The van der Waals surface area contributed by atoms with E-state index in [1.54, 1.807) is 0 Å². The Morgan fingerprint density at radius 2 is 1.94 bits per heavy atom. The number of nitrogens with one attached hydrogen (secondary N) is 1. The zero-order chi connectivity index (χ0) is 13.5. The molecule has 0 spiro atoms. The molecule has 0 aliphatic heterocycles. The second kappa shape index (κ2) is 8.16. The molecule has 1 aliphatic rings. The number of rotatable bonds is 7. The summed E-state index contributed by atoms with van der Waals surface area (Å²) in [5.74, 6) is 1.77. The molecule has 2 nitrogen and oxygen atoms in total. The molecule has 0 heterocycles. The van der Waals surface area contributed by atoms with Crippen molar-refractivity contribution in [2.45, 2.75) is 71.9 Å². The minimum Gasteiger partial charge on any atom is -0.313 e. The van der Waals surface area contributed by atoms with Crippen molar-refractivity contribution in [3.63, 3.8) is 0 Å². The van der Waals surface area contributed by atoms with E-state index in [1.807, 2.05) is 0 Å². The Morgan fingerprint density at radius 1 is 1.22 bits per heavy atom. The molecule has 1 rings (SSSR count). The predicted octanol–water partition coefficient (Wildman–Crippen LogP) is 3.52. The van der Waals surface area contributed by atoms with Crippen LogP contribution in [0.1, 0.15) is 59.8 Å². The lowest BCUT2D eigenvalue weighted by Crippen LogP contribution is -2.52. The molecular formula is C16H34N2. The van der Waals surface area contributed by atoms with Crippen LogP contribution in [-0.4, -0.2) is 37.1 Å². The lowest BCUT2D eigenvalue weighted by atomic mass is 9.76. The quantitative estimate of drug-likeness (QED) is 0.748. The Balaban J connectivity index is 2.59. The van der Waals surface area contributed by atoms with Crippen molar-refractivity contribution < 1.29 is 0 Å². The van der Waals surface area contributed by atoms with Crippen LogP contribution in [0.5, 0.6) is 0 Å². The minimum atomic E-state index is 0.715. The van der Waals surface area contributed by atoms with Crippen molar-refractivity contribution in [3.05, 3.63) is 0 Å². The first-order valence-corrected chi connectivity index (χ1v) is 8.03. The molecule has 3 unspecified atom stereocenters. The van der Waals surface area contributed by atoms with Crippen LogP contribution in [0.3, 0.4) is 0 Å². The van der Waals surface area contributed by atoms with Crippen LogP contribution in [-0.2, 0) is 0 Å². The van der Waals surface area contributed by atoms with Gasteiger partial charge in [0.05, 0.1) is 0 Å². The van der Waals surface area contributed by atoms with E-state index in [0.717, 1.165) is 24.4 Å². The summed E-state index contributed by atoms with van der Waals surface area (Å²) in [4.78, 5) is 2.62. The van der Waals surface area contributed by atoms with Gasteiger partial charge in [0, 0.05) is 12.1 Å². The monoisotopic (exact) mass is 254 g/mol. The summed E-state index contributed by atoms with van der Waals surface area (Å²) < 4.78 is 0. The van der Waals surface area contributed by atoms with Crippen LogP contribution < -0.4 is 5.32 Å². The second-order valence-corrected chi connectivity index (χ2v) is 6.38. The van der Waals surface area contributed by atoms with Crippen molar-refractivity contribution in [1.82, 2.24) is 10.2 Å². The molecule has 1 saturated carbocycles. The largest absolute Gasteiger partial charge is 0.313 e. The second-order valence-electron chi connectivity index (χ2n) is 6.38. The van der Waals surface area contributed by atoms with E-state index in [0.29, 0.717) is 6.04 Å². The topological polar surface area (TPSA) is 15.3 Å². The molecule has 2 heteroatoms. The summed E-state index contributed by atoms with van der Waals surface area (Å²) in [6, 6.07) is 1.46. The van der Waals surface area contributed by atoms with Gasteiger partial charge in [-0.15, -0.1) is 0 Å². The van der Waals surface area contributed by atoms with Gasteiger partial charge in [0.1, 0.15) is 0 Å². The molecule has 1 N–H and O–H groups in total. The van der Waals surface area contributed by atoms with Gasteiger partial charge in [0.2, 0.25) is 0 Å². The molecule has 0 saturated heterocycles. The first kappa shape index (κ1) is 16.0. The van der Waals surface area contributed by atoms with Crippen molar-refractivity contribution in [3.8, 4) is 0 Å². The maximum atomic E-state index is 3.71. The molecule has 0 radical (unpaired) electrons. The number of nitrogens with zero attached hydrogens (tertiary/aromatic N) is 1. The lowest BCUT2D eigenvalue weighted by molar-refractivity contribution is 0.102. The number of unbranched alkanes of at least 4 members (excludes halogenated alkanes) is 1. The molecule has 0 aromatic heterocycles. The molecule has 3 atom stereocenters. The highest BCUT2D eigenvalue weighted by atomic mass is 15.2. The van der Waals surface area contributed by atoms with Gasteiger partial charge in [0.15, 0.2) is 0 Å². The molecule has 1 aliphatic carbocycles. The summed E-state index contributed by atoms with van der Waals surface area (Å²) in [7, 11) is 2.33. The fraction of sp³-hybridized carbons (Fsp3) is 1.00. The van der Waals surface area contributed by atoms with E-state index in [2.05, 4.69) is 45.0 Å². The molecule has 108 valence electrons. The molecule has 0 bridgehead atoms. The molecule has 0 aromatic carbocycles. The van der Waals surface area contributed by atoms with E-state index < -0.39 is 0 Å². The average Bonchev–Trinajstić information content (AvgIpc) is 2.36.